The number of carbonyl (C=O) groups excluding carboxylic acids is 3. The maximum atomic E-state index is 12.7. The van der Waals surface area contributed by atoms with Gasteiger partial charge in [0.15, 0.2) is 5.78 Å². The third-order valence-electron chi connectivity index (χ3n) is 4.61. The van der Waals surface area contributed by atoms with Gasteiger partial charge < -0.3 is 15.2 Å². The molecule has 1 aliphatic heterocycles. The Labute approximate surface area is 182 Å². The summed E-state index contributed by atoms with van der Waals surface area (Å²) >= 11 is 12.0. The van der Waals surface area contributed by atoms with Crippen LogP contribution in [0.2, 0.25) is 10.0 Å². The molecule has 2 amide bonds. The number of piperidine rings is 1. The molecule has 164 valence electrons. The highest BCUT2D eigenvalue weighted by molar-refractivity contribution is 6.33. The van der Waals surface area contributed by atoms with Gasteiger partial charge in [0, 0.05) is 22.2 Å². The zero-order chi connectivity index (χ0) is 22.3. The normalized spacial score (nSPS) is 17.2. The number of hydrogen-bond donors (Lipinski definition) is 2. The molecule has 0 radical (unpaired) electrons. The van der Waals surface area contributed by atoms with Crippen molar-refractivity contribution in [3.05, 3.63) is 33.8 Å². The Morgan fingerprint density at radius 1 is 1.27 bits per heavy atom. The number of hydrogen-bond acceptors (Lipinski definition) is 5. The van der Waals surface area contributed by atoms with Gasteiger partial charge in [-0.2, -0.15) is 0 Å². The van der Waals surface area contributed by atoms with Crippen LogP contribution < -0.4 is 5.32 Å². The molecule has 11 heteroatoms. The molecule has 2 N–H and O–H groups in total. The van der Waals surface area contributed by atoms with Gasteiger partial charge >= 0.3 is 12.1 Å². The van der Waals surface area contributed by atoms with Gasteiger partial charge in [0.2, 0.25) is 5.91 Å². The van der Waals surface area contributed by atoms with Crippen LogP contribution in [0.15, 0.2) is 18.2 Å². The van der Waals surface area contributed by atoms with Gasteiger partial charge in [-0.3, -0.25) is 19.3 Å². The summed E-state index contributed by atoms with van der Waals surface area (Å²) in [5, 5.41) is 11.9. The number of carboxylic acid groups (broad SMARTS) is 1. The number of ketones is 1. The molecule has 0 aromatic heterocycles. The predicted molar refractivity (Wildman–Crippen MR) is 106 cm³/mol. The van der Waals surface area contributed by atoms with Crippen LogP contribution in [-0.4, -0.2) is 59.1 Å². The number of benzene rings is 1. The largest absolute Gasteiger partial charge is 0.481 e. The van der Waals surface area contributed by atoms with Gasteiger partial charge in [-0.15, -0.1) is 0 Å². The van der Waals surface area contributed by atoms with E-state index in [0.717, 1.165) is 0 Å². The minimum absolute atomic E-state index is 0.162. The molecule has 1 aromatic rings. The average Bonchev–Trinajstić information content (AvgIpc) is 2.72. The monoisotopic (exact) mass is 462 g/mol. The van der Waals surface area contributed by atoms with Crippen molar-refractivity contribution in [1.29, 1.82) is 0 Å². The molecule has 1 fully saturated rings. The first-order valence-corrected chi connectivity index (χ1v) is 9.96. The van der Waals surface area contributed by atoms with Crippen LogP contribution in [0.4, 0.5) is 9.18 Å². The number of Topliss-reactive ketones (excluding diaryl/α,β-unsaturated/α-hetero) is 1. The molecule has 30 heavy (non-hydrogen) atoms. The van der Waals surface area contributed by atoms with E-state index in [0.29, 0.717) is 34.9 Å². The maximum Gasteiger partial charge on any atom is 0.410 e. The molecule has 0 saturated carbocycles. The number of aliphatic carboxylic acids is 1. The molecule has 1 aromatic carbocycles. The lowest BCUT2D eigenvalue weighted by atomic mass is 10.0. The highest BCUT2D eigenvalue weighted by Crippen LogP contribution is 2.23. The Kier molecular flexibility index (Phi) is 8.86. The lowest BCUT2D eigenvalue weighted by Gasteiger charge is -2.34. The fourth-order valence-corrected chi connectivity index (χ4v) is 3.45. The Balaban J connectivity index is 2.05. The summed E-state index contributed by atoms with van der Waals surface area (Å²) in [6, 6.07) is 2.23. The third kappa shape index (κ3) is 6.56. The van der Waals surface area contributed by atoms with Crippen LogP contribution >= 0.6 is 23.2 Å². The number of nitrogens with one attached hydrogen (secondary N) is 1. The summed E-state index contributed by atoms with van der Waals surface area (Å²) in [4.78, 5) is 48.9. The standard InChI is InChI=1S/C19H21Cl2FN2O6/c20-12-4-5-13(21)11(7-12)10-30-19(29)24-6-2-1-3-15(24)18(28)23-14(8-17(26)27)16(25)9-22/h4-5,7,14-15H,1-3,6,8-10H2,(H,23,28)(H,26,27). The second-order valence-electron chi connectivity index (χ2n) is 6.75. The number of halogens is 3. The van der Waals surface area contributed by atoms with E-state index < -0.39 is 48.9 Å². The molecule has 8 nitrogen and oxygen atoms in total. The summed E-state index contributed by atoms with van der Waals surface area (Å²) < 4.78 is 18.0. The first-order valence-electron chi connectivity index (χ1n) is 9.21. The Hall–Kier alpha value is -2.39. The van der Waals surface area contributed by atoms with Gasteiger partial charge in [0.1, 0.15) is 25.4 Å². The van der Waals surface area contributed by atoms with E-state index in [9.17, 15) is 23.6 Å². The summed E-state index contributed by atoms with van der Waals surface area (Å²) in [5.74, 6) is -3.15. The van der Waals surface area contributed by atoms with E-state index in [2.05, 4.69) is 5.32 Å². The van der Waals surface area contributed by atoms with Gasteiger partial charge in [-0.1, -0.05) is 23.2 Å². The molecule has 0 spiro atoms. The van der Waals surface area contributed by atoms with Crippen molar-refractivity contribution >= 4 is 47.0 Å². The number of carbonyl (C=O) groups is 4. The number of rotatable bonds is 8. The quantitative estimate of drug-likeness (QED) is 0.613. The van der Waals surface area contributed by atoms with E-state index >= 15 is 0 Å². The second-order valence-corrected chi connectivity index (χ2v) is 7.60. The molecule has 2 atom stereocenters. The zero-order valence-corrected chi connectivity index (χ0v) is 17.4. The lowest BCUT2D eigenvalue weighted by Crippen LogP contribution is -2.55. The van der Waals surface area contributed by atoms with Crippen molar-refractivity contribution < 1.29 is 33.4 Å². The van der Waals surface area contributed by atoms with E-state index in [-0.39, 0.29) is 13.2 Å². The first kappa shape index (κ1) is 23.9. The summed E-state index contributed by atoms with van der Waals surface area (Å²) in [6.07, 6.45) is 0.0560. The molecular weight excluding hydrogens is 442 g/mol. The Morgan fingerprint density at radius 2 is 2.00 bits per heavy atom. The molecule has 1 heterocycles. The number of likely N-dealkylation sites (tertiary alicyclic amines) is 1. The molecule has 2 rings (SSSR count). The number of alkyl halides is 1. The van der Waals surface area contributed by atoms with Crippen molar-refractivity contribution in [1.82, 2.24) is 10.2 Å². The van der Waals surface area contributed by atoms with Gasteiger partial charge in [-0.25, -0.2) is 9.18 Å². The third-order valence-corrected chi connectivity index (χ3v) is 5.22. The fourth-order valence-electron chi connectivity index (χ4n) is 3.08. The zero-order valence-electron chi connectivity index (χ0n) is 15.9. The van der Waals surface area contributed by atoms with Gasteiger partial charge in [-0.05, 0) is 37.5 Å². The van der Waals surface area contributed by atoms with Crippen molar-refractivity contribution in [2.75, 3.05) is 13.2 Å². The number of nitrogens with zero attached hydrogens (tertiary/aromatic N) is 1. The van der Waals surface area contributed by atoms with Crippen LogP contribution in [0, 0.1) is 0 Å². The van der Waals surface area contributed by atoms with Crippen LogP contribution in [-0.2, 0) is 25.7 Å². The van der Waals surface area contributed by atoms with E-state index in [4.69, 9.17) is 33.0 Å². The van der Waals surface area contributed by atoms with Crippen LogP contribution in [0.3, 0.4) is 0 Å². The van der Waals surface area contributed by atoms with E-state index in [1.165, 1.54) is 4.90 Å². The van der Waals surface area contributed by atoms with Crippen molar-refractivity contribution in [3.8, 4) is 0 Å². The fraction of sp³-hybridized carbons (Fsp3) is 0.474. The Bertz CT molecular complexity index is 822. The number of ether oxygens (including phenoxy) is 1. The SMILES string of the molecule is O=C(O)CC(NC(=O)C1CCCCN1C(=O)OCc1cc(Cl)ccc1Cl)C(=O)CF. The van der Waals surface area contributed by atoms with E-state index in [1.54, 1.807) is 18.2 Å². The average molecular weight is 463 g/mol. The van der Waals surface area contributed by atoms with Crippen LogP contribution in [0.1, 0.15) is 31.2 Å². The molecule has 0 aliphatic carbocycles. The predicted octanol–water partition coefficient (Wildman–Crippen LogP) is 2.98. The van der Waals surface area contributed by atoms with Crippen LogP contribution in [0.5, 0.6) is 0 Å². The van der Waals surface area contributed by atoms with Gasteiger partial charge in [0.25, 0.3) is 0 Å². The summed E-state index contributed by atoms with van der Waals surface area (Å²) in [6.45, 7) is -1.33. The van der Waals surface area contributed by atoms with Crippen molar-refractivity contribution in [3.63, 3.8) is 0 Å². The topological polar surface area (TPSA) is 113 Å². The molecule has 1 aliphatic rings. The molecule has 1 saturated heterocycles. The van der Waals surface area contributed by atoms with Gasteiger partial charge in [0.05, 0.1) is 6.42 Å². The number of amides is 2. The Morgan fingerprint density at radius 3 is 2.67 bits per heavy atom. The summed E-state index contributed by atoms with van der Waals surface area (Å²) in [7, 11) is 0. The minimum Gasteiger partial charge on any atom is -0.481 e. The second kappa shape index (κ2) is 11.1. The summed E-state index contributed by atoms with van der Waals surface area (Å²) in [5.41, 5.74) is 0.491. The highest BCUT2D eigenvalue weighted by atomic mass is 35.5. The van der Waals surface area contributed by atoms with E-state index in [1.807, 2.05) is 0 Å². The maximum absolute atomic E-state index is 12.7. The van der Waals surface area contributed by atoms with Crippen LogP contribution in [0.25, 0.3) is 0 Å². The van der Waals surface area contributed by atoms with Crippen molar-refractivity contribution in [2.24, 2.45) is 0 Å². The molecular formula is C19H21Cl2FN2O6. The highest BCUT2D eigenvalue weighted by Gasteiger charge is 2.35. The molecule has 2 unspecified atom stereocenters. The minimum atomic E-state index is -1.51. The first-order chi connectivity index (χ1) is 14.2. The smallest absolute Gasteiger partial charge is 0.410 e. The van der Waals surface area contributed by atoms with Crippen molar-refractivity contribution in [2.45, 2.75) is 44.4 Å². The lowest BCUT2D eigenvalue weighted by molar-refractivity contribution is -0.140. The number of carboxylic acids is 1. The molecule has 0 bridgehead atoms.